The molecule has 5 nitrogen and oxygen atoms in total. The molecule has 1 aliphatic rings. The number of imide groups is 1. The van der Waals surface area contributed by atoms with E-state index in [4.69, 9.17) is 9.16 Å². The first-order chi connectivity index (χ1) is 12.7. The van der Waals surface area contributed by atoms with Crippen LogP contribution in [-0.4, -0.2) is 43.5 Å². The number of nitrogens with zero attached hydrogens (tertiary/aromatic N) is 1. The fourth-order valence-electron chi connectivity index (χ4n) is 2.69. The smallest absolute Gasteiger partial charge is 0.417 e. The van der Waals surface area contributed by atoms with E-state index in [1.807, 2.05) is 30.3 Å². The second-order valence-corrected chi connectivity index (χ2v) is 14.6. The quantitative estimate of drug-likeness (QED) is 0.645. The Morgan fingerprint density at radius 3 is 2.14 bits per heavy atom. The van der Waals surface area contributed by atoms with E-state index in [1.165, 1.54) is 11.0 Å². The van der Waals surface area contributed by atoms with Gasteiger partial charge >= 0.3 is 6.09 Å². The van der Waals surface area contributed by atoms with Gasteiger partial charge in [0.15, 0.2) is 8.32 Å². The Hall–Kier alpha value is -1.92. The van der Waals surface area contributed by atoms with Gasteiger partial charge in [0.2, 0.25) is 0 Å². The van der Waals surface area contributed by atoms with Crippen molar-refractivity contribution in [1.82, 2.24) is 4.90 Å². The van der Waals surface area contributed by atoms with E-state index in [9.17, 15) is 9.59 Å². The van der Waals surface area contributed by atoms with Gasteiger partial charge in [0.25, 0.3) is 5.91 Å². The normalized spacial score (nSPS) is 18.3. The number of carbonyl (C=O) groups excluding carboxylic acids is 2. The summed E-state index contributed by atoms with van der Waals surface area (Å²) in [7, 11) is -2.05. The number of hydrogen-bond donors (Lipinski definition) is 0. The van der Waals surface area contributed by atoms with Crippen LogP contribution >= 0.6 is 0 Å². The number of amides is 2. The molecule has 0 saturated carbocycles. The van der Waals surface area contributed by atoms with Crippen LogP contribution in [0, 0.1) is 0 Å². The molecule has 0 N–H and O–H groups in total. The highest BCUT2D eigenvalue weighted by atomic mass is 28.4. The van der Waals surface area contributed by atoms with Crippen LogP contribution in [0.2, 0.25) is 18.1 Å². The Morgan fingerprint density at radius 2 is 1.64 bits per heavy atom. The molecule has 2 amide bonds. The number of ether oxygens (including phenoxy) is 1. The van der Waals surface area contributed by atoms with Gasteiger partial charge in [-0.05, 0) is 50.0 Å². The Kier molecular flexibility index (Phi) is 6.26. The van der Waals surface area contributed by atoms with Crippen LogP contribution < -0.4 is 0 Å². The monoisotopic (exact) mass is 403 g/mol. The predicted octanol–water partition coefficient (Wildman–Crippen LogP) is 5.24. The fraction of sp³-hybridized carbons (Fsp3) is 0.545. The summed E-state index contributed by atoms with van der Waals surface area (Å²) in [6, 6.07) is 9.14. The highest BCUT2D eigenvalue weighted by molar-refractivity contribution is 6.74. The summed E-state index contributed by atoms with van der Waals surface area (Å²) in [6.07, 6.45) is 0.891. The molecule has 1 heterocycles. The summed E-state index contributed by atoms with van der Waals surface area (Å²) >= 11 is 0. The van der Waals surface area contributed by atoms with Gasteiger partial charge < -0.3 is 9.16 Å². The van der Waals surface area contributed by atoms with Gasteiger partial charge in [-0.25, -0.2) is 9.69 Å². The Morgan fingerprint density at radius 1 is 1.07 bits per heavy atom. The number of rotatable bonds is 4. The molecule has 0 spiro atoms. The zero-order valence-electron chi connectivity index (χ0n) is 18.3. The van der Waals surface area contributed by atoms with E-state index in [1.54, 1.807) is 20.8 Å². The average molecular weight is 404 g/mol. The first-order valence-electron chi connectivity index (χ1n) is 9.70. The topological polar surface area (TPSA) is 55.8 Å². The molecule has 2 rings (SSSR count). The number of carbonyl (C=O) groups is 2. The van der Waals surface area contributed by atoms with Gasteiger partial charge in [0.1, 0.15) is 5.60 Å². The minimum Gasteiger partial charge on any atom is -0.443 e. The molecular formula is C22H33NO4Si. The molecule has 6 heteroatoms. The summed E-state index contributed by atoms with van der Waals surface area (Å²) in [4.78, 5) is 26.7. The Bertz CT molecular complexity index is 757. The summed E-state index contributed by atoms with van der Waals surface area (Å²) < 4.78 is 11.9. The van der Waals surface area contributed by atoms with Gasteiger partial charge in [-0.15, -0.1) is 0 Å². The lowest BCUT2D eigenvalue weighted by Crippen LogP contribution is -2.49. The SMILES string of the molecule is CC(C)(C)OC(=O)N1C(=O)C=C(c2ccccc2)[C@@H]1CO[Si](C)(C)C(C)(C)C. The second kappa shape index (κ2) is 7.83. The molecule has 0 aliphatic carbocycles. The third-order valence-electron chi connectivity index (χ3n) is 5.29. The van der Waals surface area contributed by atoms with Gasteiger partial charge in [-0.2, -0.15) is 0 Å². The van der Waals surface area contributed by atoms with Crippen LogP contribution in [0.4, 0.5) is 4.79 Å². The van der Waals surface area contributed by atoms with Crippen LogP contribution in [-0.2, 0) is 14.0 Å². The van der Waals surface area contributed by atoms with E-state index in [0.717, 1.165) is 11.1 Å². The molecule has 28 heavy (non-hydrogen) atoms. The molecule has 1 atom stereocenters. The lowest BCUT2D eigenvalue weighted by molar-refractivity contribution is -0.125. The van der Waals surface area contributed by atoms with Gasteiger partial charge in [-0.3, -0.25) is 4.79 Å². The van der Waals surface area contributed by atoms with Crippen LogP contribution in [0.15, 0.2) is 36.4 Å². The van der Waals surface area contributed by atoms with E-state index >= 15 is 0 Å². The van der Waals surface area contributed by atoms with Crippen molar-refractivity contribution in [3.05, 3.63) is 42.0 Å². The highest BCUT2D eigenvalue weighted by Gasteiger charge is 2.43. The second-order valence-electron chi connectivity index (χ2n) is 9.74. The van der Waals surface area contributed by atoms with Crippen molar-refractivity contribution >= 4 is 25.9 Å². The molecule has 0 radical (unpaired) electrons. The third kappa shape index (κ3) is 5.11. The number of hydrogen-bond acceptors (Lipinski definition) is 4. The van der Waals surface area contributed by atoms with Crippen molar-refractivity contribution in [3.63, 3.8) is 0 Å². The van der Waals surface area contributed by atoms with Crippen molar-refractivity contribution < 1.29 is 18.8 Å². The number of benzene rings is 1. The molecule has 154 valence electrons. The molecule has 1 aliphatic heterocycles. The summed E-state index contributed by atoms with van der Waals surface area (Å²) in [5, 5.41) is 0.0307. The lowest BCUT2D eigenvalue weighted by atomic mass is 10.0. The fourth-order valence-corrected chi connectivity index (χ4v) is 3.70. The molecule has 0 bridgehead atoms. The zero-order valence-corrected chi connectivity index (χ0v) is 19.3. The molecule has 0 saturated heterocycles. The van der Waals surface area contributed by atoms with E-state index in [0.29, 0.717) is 0 Å². The average Bonchev–Trinajstić information content (AvgIpc) is 2.88. The molecule has 0 fully saturated rings. The summed E-state index contributed by atoms with van der Waals surface area (Å²) in [6.45, 7) is 16.5. The van der Waals surface area contributed by atoms with Crippen molar-refractivity contribution in [3.8, 4) is 0 Å². The van der Waals surface area contributed by atoms with Crippen LogP contribution in [0.3, 0.4) is 0 Å². The molecule has 1 aromatic rings. The Labute approximate surface area is 169 Å². The molecule has 0 aromatic heterocycles. The van der Waals surface area contributed by atoms with E-state index in [2.05, 4.69) is 33.9 Å². The largest absolute Gasteiger partial charge is 0.443 e. The minimum absolute atomic E-state index is 0.0307. The standard InChI is InChI=1S/C22H33NO4Si/c1-21(2,3)27-20(25)23-18(15-26-28(7,8)22(4,5)6)17(14-19(23)24)16-12-10-9-11-13-16/h9-14,18H,15H2,1-8H3/t18-/m0/s1. The van der Waals surface area contributed by atoms with Crippen molar-refractivity contribution in [2.45, 2.75) is 71.3 Å². The third-order valence-corrected chi connectivity index (χ3v) is 9.79. The molecular weight excluding hydrogens is 370 g/mol. The molecule has 1 aromatic carbocycles. The Balaban J connectivity index is 2.35. The lowest BCUT2D eigenvalue weighted by Gasteiger charge is -2.38. The maximum absolute atomic E-state index is 12.8. The van der Waals surface area contributed by atoms with Crippen LogP contribution in [0.1, 0.15) is 47.1 Å². The van der Waals surface area contributed by atoms with Crippen LogP contribution in [0.25, 0.3) is 5.57 Å². The maximum Gasteiger partial charge on any atom is 0.417 e. The molecule has 0 unspecified atom stereocenters. The van der Waals surface area contributed by atoms with Gasteiger partial charge in [0.05, 0.1) is 12.6 Å². The predicted molar refractivity (Wildman–Crippen MR) is 114 cm³/mol. The highest BCUT2D eigenvalue weighted by Crippen LogP contribution is 2.38. The summed E-state index contributed by atoms with van der Waals surface area (Å²) in [5.74, 6) is -0.364. The zero-order chi connectivity index (χ0) is 21.3. The summed E-state index contributed by atoms with van der Waals surface area (Å²) in [5.41, 5.74) is 1.01. The van der Waals surface area contributed by atoms with Crippen molar-refractivity contribution in [2.75, 3.05) is 6.61 Å². The maximum atomic E-state index is 12.8. The van der Waals surface area contributed by atoms with E-state index < -0.39 is 26.1 Å². The first kappa shape index (κ1) is 22.4. The van der Waals surface area contributed by atoms with Crippen molar-refractivity contribution in [2.24, 2.45) is 0 Å². The van der Waals surface area contributed by atoms with Crippen LogP contribution in [0.5, 0.6) is 0 Å². The van der Waals surface area contributed by atoms with E-state index in [-0.39, 0.29) is 17.6 Å². The van der Waals surface area contributed by atoms with Gasteiger partial charge in [0, 0.05) is 6.08 Å². The minimum atomic E-state index is -2.05. The van der Waals surface area contributed by atoms with Gasteiger partial charge in [-0.1, -0.05) is 51.1 Å². The van der Waals surface area contributed by atoms with Crippen molar-refractivity contribution in [1.29, 1.82) is 0 Å². The first-order valence-corrected chi connectivity index (χ1v) is 12.6.